The Hall–Kier alpha value is -3.38. The second-order valence-electron chi connectivity index (χ2n) is 6.51. The summed E-state index contributed by atoms with van der Waals surface area (Å²) < 4.78 is 5.03. The van der Waals surface area contributed by atoms with Crippen LogP contribution >= 0.6 is 11.8 Å². The molecule has 136 valence electrons. The Labute approximate surface area is 165 Å². The van der Waals surface area contributed by atoms with Gasteiger partial charge in [0.1, 0.15) is 5.76 Å². The van der Waals surface area contributed by atoms with Gasteiger partial charge in [0.25, 0.3) is 5.91 Å². The zero-order valence-corrected chi connectivity index (χ0v) is 15.8. The van der Waals surface area contributed by atoms with Crippen molar-refractivity contribution in [3.05, 3.63) is 76.9 Å². The number of hydrogen-bond acceptors (Lipinski definition) is 5. The number of nitrogens with zero attached hydrogens (tertiary/aromatic N) is 2. The van der Waals surface area contributed by atoms with Gasteiger partial charge in [-0.15, -0.1) is 0 Å². The van der Waals surface area contributed by atoms with E-state index in [1.807, 2.05) is 30.3 Å². The molecule has 1 saturated heterocycles. The van der Waals surface area contributed by atoms with Crippen LogP contribution in [0.2, 0.25) is 0 Å². The SMILES string of the molecule is Cc1cc(N=C2NC(=O)/C(=C\c3c4ccccc4cc4ccccc34)S2)no1. The molecule has 0 atom stereocenters. The van der Waals surface area contributed by atoms with Crippen molar-refractivity contribution in [2.45, 2.75) is 6.92 Å². The van der Waals surface area contributed by atoms with Crippen LogP contribution in [-0.2, 0) is 4.79 Å². The normalized spacial score (nSPS) is 17.1. The Bertz CT molecular complexity index is 1250. The Morgan fingerprint density at radius 2 is 1.71 bits per heavy atom. The molecule has 1 aliphatic heterocycles. The lowest BCUT2D eigenvalue weighted by Crippen LogP contribution is -2.19. The monoisotopic (exact) mass is 385 g/mol. The number of benzene rings is 3. The summed E-state index contributed by atoms with van der Waals surface area (Å²) >= 11 is 1.30. The third kappa shape index (κ3) is 2.97. The van der Waals surface area contributed by atoms with E-state index in [9.17, 15) is 4.79 Å². The average molecular weight is 385 g/mol. The molecule has 0 radical (unpaired) electrons. The second-order valence-corrected chi connectivity index (χ2v) is 7.54. The summed E-state index contributed by atoms with van der Waals surface area (Å²) in [5, 5.41) is 11.7. The van der Waals surface area contributed by atoms with Gasteiger partial charge in [-0.05, 0) is 57.9 Å². The summed E-state index contributed by atoms with van der Waals surface area (Å²) in [4.78, 5) is 17.5. The molecular formula is C22H15N3O2S. The van der Waals surface area contributed by atoms with Gasteiger partial charge in [-0.2, -0.15) is 0 Å². The molecule has 2 heterocycles. The van der Waals surface area contributed by atoms with Crippen molar-refractivity contribution in [3.8, 4) is 0 Å². The predicted molar refractivity (Wildman–Crippen MR) is 113 cm³/mol. The number of aryl methyl sites for hydroxylation is 1. The highest BCUT2D eigenvalue weighted by atomic mass is 32.2. The molecular weight excluding hydrogens is 370 g/mol. The van der Waals surface area contributed by atoms with Crippen molar-refractivity contribution in [1.82, 2.24) is 10.5 Å². The summed E-state index contributed by atoms with van der Waals surface area (Å²) in [6.45, 7) is 1.80. The third-order valence-corrected chi connectivity index (χ3v) is 5.48. The van der Waals surface area contributed by atoms with Crippen LogP contribution in [0, 0.1) is 6.92 Å². The molecule has 4 aromatic rings. The van der Waals surface area contributed by atoms with Crippen molar-refractivity contribution >= 4 is 56.3 Å². The number of aromatic nitrogens is 1. The fraction of sp³-hybridized carbons (Fsp3) is 0.0455. The van der Waals surface area contributed by atoms with Gasteiger partial charge >= 0.3 is 0 Å². The molecule has 1 aromatic heterocycles. The number of amidine groups is 1. The summed E-state index contributed by atoms with van der Waals surface area (Å²) in [5.74, 6) is 0.949. The molecule has 0 saturated carbocycles. The first kappa shape index (κ1) is 16.8. The molecule has 3 aromatic carbocycles. The van der Waals surface area contributed by atoms with Crippen LogP contribution in [0.4, 0.5) is 5.82 Å². The van der Waals surface area contributed by atoms with E-state index < -0.39 is 0 Å². The zero-order valence-electron chi connectivity index (χ0n) is 15.0. The number of rotatable bonds is 2. The van der Waals surface area contributed by atoms with Crippen LogP contribution in [0.25, 0.3) is 27.6 Å². The number of carbonyl (C=O) groups is 1. The minimum absolute atomic E-state index is 0.166. The van der Waals surface area contributed by atoms with Crippen molar-refractivity contribution in [2.24, 2.45) is 4.99 Å². The Balaban J connectivity index is 1.63. The fourth-order valence-electron chi connectivity index (χ4n) is 3.33. The second kappa shape index (κ2) is 6.65. The lowest BCUT2D eigenvalue weighted by Gasteiger charge is -2.08. The highest BCUT2D eigenvalue weighted by Gasteiger charge is 2.25. The van der Waals surface area contributed by atoms with E-state index in [-0.39, 0.29) is 5.91 Å². The molecule has 28 heavy (non-hydrogen) atoms. The molecule has 0 unspecified atom stereocenters. The van der Waals surface area contributed by atoms with Gasteiger partial charge in [0.15, 0.2) is 11.0 Å². The van der Waals surface area contributed by atoms with Crippen molar-refractivity contribution < 1.29 is 9.32 Å². The van der Waals surface area contributed by atoms with Crippen LogP contribution < -0.4 is 5.32 Å². The molecule has 1 amide bonds. The van der Waals surface area contributed by atoms with E-state index in [4.69, 9.17) is 4.52 Å². The molecule has 6 heteroatoms. The van der Waals surface area contributed by atoms with Gasteiger partial charge < -0.3 is 9.84 Å². The first-order chi connectivity index (χ1) is 13.7. The van der Waals surface area contributed by atoms with Gasteiger partial charge in [0.05, 0.1) is 4.91 Å². The number of amides is 1. The maximum absolute atomic E-state index is 12.5. The number of nitrogens with one attached hydrogen (secondary N) is 1. The van der Waals surface area contributed by atoms with Gasteiger partial charge in [0, 0.05) is 6.07 Å². The van der Waals surface area contributed by atoms with Gasteiger partial charge in [-0.1, -0.05) is 53.7 Å². The topological polar surface area (TPSA) is 67.5 Å². The van der Waals surface area contributed by atoms with Crippen molar-refractivity contribution in [1.29, 1.82) is 0 Å². The van der Waals surface area contributed by atoms with Crippen LogP contribution in [0.1, 0.15) is 11.3 Å². The van der Waals surface area contributed by atoms with E-state index in [1.165, 1.54) is 11.8 Å². The smallest absolute Gasteiger partial charge is 0.264 e. The predicted octanol–water partition coefficient (Wildman–Crippen LogP) is 5.18. The largest absolute Gasteiger partial charge is 0.359 e. The molecule has 0 spiro atoms. The van der Waals surface area contributed by atoms with Crippen molar-refractivity contribution in [2.75, 3.05) is 0 Å². The molecule has 0 bridgehead atoms. The van der Waals surface area contributed by atoms with Crippen molar-refractivity contribution in [3.63, 3.8) is 0 Å². The minimum atomic E-state index is -0.166. The summed E-state index contributed by atoms with van der Waals surface area (Å²) in [7, 11) is 0. The number of thioether (sulfide) groups is 1. The molecule has 1 N–H and O–H groups in total. The quantitative estimate of drug-likeness (QED) is 0.381. The summed E-state index contributed by atoms with van der Waals surface area (Å²) in [6.07, 6.45) is 1.95. The Kier molecular flexibility index (Phi) is 3.98. The zero-order chi connectivity index (χ0) is 19.1. The Morgan fingerprint density at radius 1 is 1.04 bits per heavy atom. The van der Waals surface area contributed by atoms with Crippen LogP contribution in [0.5, 0.6) is 0 Å². The number of carbonyl (C=O) groups excluding carboxylic acids is 1. The maximum atomic E-state index is 12.5. The first-order valence-corrected chi connectivity index (χ1v) is 9.62. The van der Waals surface area contributed by atoms with Crippen LogP contribution in [0.3, 0.4) is 0 Å². The summed E-state index contributed by atoms with van der Waals surface area (Å²) in [5.41, 5.74) is 1.03. The number of hydrogen-bond donors (Lipinski definition) is 1. The van der Waals surface area contributed by atoms with E-state index in [2.05, 4.69) is 45.8 Å². The summed E-state index contributed by atoms with van der Waals surface area (Å²) in [6, 6.07) is 20.3. The lowest BCUT2D eigenvalue weighted by molar-refractivity contribution is -0.115. The highest BCUT2D eigenvalue weighted by Crippen LogP contribution is 2.34. The third-order valence-electron chi connectivity index (χ3n) is 4.57. The number of fused-ring (bicyclic) bond motifs is 2. The lowest BCUT2D eigenvalue weighted by atomic mass is 9.96. The van der Waals surface area contributed by atoms with Crippen LogP contribution in [-0.4, -0.2) is 16.2 Å². The number of aliphatic imine (C=N–C) groups is 1. The van der Waals surface area contributed by atoms with E-state index >= 15 is 0 Å². The minimum Gasteiger partial charge on any atom is -0.359 e. The van der Waals surface area contributed by atoms with Gasteiger partial charge in [-0.3, -0.25) is 4.79 Å². The molecule has 1 fully saturated rings. The van der Waals surface area contributed by atoms with Crippen LogP contribution in [0.15, 0.2) is 75.1 Å². The fourth-order valence-corrected chi connectivity index (χ4v) is 4.14. The van der Waals surface area contributed by atoms with E-state index in [1.54, 1.807) is 13.0 Å². The van der Waals surface area contributed by atoms with Gasteiger partial charge in [0.2, 0.25) is 0 Å². The standard InChI is InChI=1S/C22H15N3O2S/c1-13-10-20(25-27-13)23-22-24-21(26)19(28-22)12-18-16-8-4-2-6-14(16)11-15-7-3-5-9-17(15)18/h2-12H,1H3,(H,23,24,25,26)/b19-12+. The maximum Gasteiger partial charge on any atom is 0.264 e. The van der Waals surface area contributed by atoms with E-state index in [0.717, 1.165) is 27.1 Å². The highest BCUT2D eigenvalue weighted by molar-refractivity contribution is 8.18. The molecule has 5 nitrogen and oxygen atoms in total. The molecule has 5 rings (SSSR count). The Morgan fingerprint density at radius 3 is 2.36 bits per heavy atom. The molecule has 0 aliphatic carbocycles. The average Bonchev–Trinajstić information content (AvgIpc) is 3.26. The van der Waals surface area contributed by atoms with Gasteiger partial charge in [-0.25, -0.2) is 4.99 Å². The first-order valence-electron chi connectivity index (χ1n) is 8.81. The van der Waals surface area contributed by atoms with E-state index in [0.29, 0.717) is 21.7 Å². The molecule has 1 aliphatic rings.